The molecule has 5 nitrogen and oxygen atoms in total. The van der Waals surface area contributed by atoms with Crippen molar-refractivity contribution in [2.24, 2.45) is 0 Å². The van der Waals surface area contributed by atoms with Crippen molar-refractivity contribution in [1.82, 2.24) is 0 Å². The first-order valence-electron chi connectivity index (χ1n) is 8.59. The number of hydrogen-bond donors (Lipinski definition) is 2. The molecule has 2 unspecified atom stereocenters. The molecule has 0 saturated heterocycles. The van der Waals surface area contributed by atoms with Gasteiger partial charge in [-0.15, -0.1) is 0 Å². The van der Waals surface area contributed by atoms with E-state index in [0.29, 0.717) is 21.4 Å². The fourth-order valence-corrected chi connectivity index (χ4v) is 3.42. The van der Waals surface area contributed by atoms with E-state index >= 15 is 0 Å². The average molecular weight is 425 g/mol. The summed E-state index contributed by atoms with van der Waals surface area (Å²) in [5, 5.41) is 20.8. The molecule has 0 amide bonds. The fraction of sp³-hybridized carbons (Fsp3) is 0.286. The van der Waals surface area contributed by atoms with Crippen LogP contribution in [0, 0.1) is 0 Å². The average Bonchev–Trinajstić information content (AvgIpc) is 2.67. The third kappa shape index (κ3) is 5.72. The Morgan fingerprint density at radius 2 is 1.86 bits per heavy atom. The third-order valence-electron chi connectivity index (χ3n) is 4.13. The topological polar surface area (TPSA) is 76.0 Å². The zero-order valence-electron chi connectivity index (χ0n) is 15.6. The number of aliphatic hydroxyl groups is 2. The molecule has 150 valence electrons. The molecule has 0 saturated carbocycles. The first kappa shape index (κ1) is 22.2. The molecule has 0 aliphatic rings. The molecule has 7 heteroatoms. The molecule has 0 aliphatic heterocycles. The van der Waals surface area contributed by atoms with Crippen LogP contribution in [-0.2, 0) is 9.53 Å². The van der Waals surface area contributed by atoms with E-state index in [1.165, 1.54) is 20.3 Å². The van der Waals surface area contributed by atoms with Crippen molar-refractivity contribution in [1.29, 1.82) is 0 Å². The maximum absolute atomic E-state index is 11.2. The minimum absolute atomic E-state index is 0.0192. The Hall–Kier alpha value is -2.05. The van der Waals surface area contributed by atoms with E-state index in [1.807, 2.05) is 30.3 Å². The Kier molecular flexibility index (Phi) is 8.33. The van der Waals surface area contributed by atoms with Gasteiger partial charge in [-0.3, -0.25) is 4.79 Å². The minimum Gasteiger partial charge on any atom is -0.494 e. The molecule has 28 heavy (non-hydrogen) atoms. The monoisotopic (exact) mass is 424 g/mol. The van der Waals surface area contributed by atoms with Crippen LogP contribution in [0.4, 0.5) is 0 Å². The molecule has 0 spiro atoms. The number of halogens is 2. The Balaban J connectivity index is 2.33. The number of rotatable bonds is 8. The molecule has 0 aromatic heterocycles. The Morgan fingerprint density at radius 3 is 2.46 bits per heavy atom. The summed E-state index contributed by atoms with van der Waals surface area (Å²) in [6, 6.07) is 11.3. The summed E-state index contributed by atoms with van der Waals surface area (Å²) in [4.78, 5) is 11.2. The second-order valence-electron chi connectivity index (χ2n) is 6.13. The quantitative estimate of drug-likeness (QED) is 0.615. The second kappa shape index (κ2) is 10.5. The van der Waals surface area contributed by atoms with Gasteiger partial charge >= 0.3 is 5.97 Å². The number of hydrogen-bond acceptors (Lipinski definition) is 5. The number of esters is 1. The lowest BCUT2D eigenvalue weighted by molar-refractivity contribution is -0.143. The molecular formula is C21H22Cl2O5. The van der Waals surface area contributed by atoms with Crippen LogP contribution >= 0.6 is 23.2 Å². The van der Waals surface area contributed by atoms with E-state index in [2.05, 4.69) is 4.74 Å². The van der Waals surface area contributed by atoms with Gasteiger partial charge in [0.25, 0.3) is 0 Å². The van der Waals surface area contributed by atoms with Crippen LogP contribution in [0.15, 0.2) is 42.5 Å². The third-order valence-corrected chi connectivity index (χ3v) is 4.79. The first-order valence-corrected chi connectivity index (χ1v) is 9.35. The standard InChI is InChI=1S/C21H22Cl2O5/c1-27-19(26)11-15(25)10-14(24)8-9-16-17(13-6-4-3-5-7-13)12-18(22)21(28-2)20(16)23/h3-9,12,14-15,24-25H,10-11H2,1-2H3. The van der Waals surface area contributed by atoms with Gasteiger partial charge in [0.15, 0.2) is 5.75 Å². The zero-order chi connectivity index (χ0) is 20.7. The number of carbonyl (C=O) groups is 1. The molecule has 2 rings (SSSR count). The van der Waals surface area contributed by atoms with Gasteiger partial charge in [-0.25, -0.2) is 0 Å². The van der Waals surface area contributed by atoms with Crippen LogP contribution in [-0.4, -0.2) is 42.6 Å². The van der Waals surface area contributed by atoms with Crippen LogP contribution in [0.1, 0.15) is 18.4 Å². The van der Waals surface area contributed by atoms with Gasteiger partial charge in [0.05, 0.1) is 42.9 Å². The Labute approximate surface area is 174 Å². The predicted molar refractivity (Wildman–Crippen MR) is 111 cm³/mol. The highest BCUT2D eigenvalue weighted by Gasteiger charge is 2.18. The van der Waals surface area contributed by atoms with Gasteiger partial charge in [0, 0.05) is 12.0 Å². The summed E-state index contributed by atoms with van der Waals surface area (Å²) in [6.45, 7) is 0. The highest BCUT2D eigenvalue weighted by molar-refractivity contribution is 6.38. The first-order chi connectivity index (χ1) is 13.4. The van der Waals surface area contributed by atoms with Gasteiger partial charge in [0.2, 0.25) is 0 Å². The van der Waals surface area contributed by atoms with E-state index in [0.717, 1.165) is 11.1 Å². The van der Waals surface area contributed by atoms with Crippen molar-refractivity contribution in [2.75, 3.05) is 14.2 Å². The lowest BCUT2D eigenvalue weighted by Crippen LogP contribution is -2.20. The number of benzene rings is 2. The maximum Gasteiger partial charge on any atom is 0.308 e. The summed E-state index contributed by atoms with van der Waals surface area (Å²) in [6.07, 6.45) is 0.943. The second-order valence-corrected chi connectivity index (χ2v) is 6.91. The van der Waals surface area contributed by atoms with E-state index < -0.39 is 18.2 Å². The summed E-state index contributed by atoms with van der Waals surface area (Å²) in [5.74, 6) is -0.205. The fourth-order valence-electron chi connectivity index (χ4n) is 2.75. The lowest BCUT2D eigenvalue weighted by Gasteiger charge is -2.15. The van der Waals surface area contributed by atoms with Crippen molar-refractivity contribution in [3.8, 4) is 16.9 Å². The van der Waals surface area contributed by atoms with Crippen LogP contribution in [0.3, 0.4) is 0 Å². The highest BCUT2D eigenvalue weighted by Crippen LogP contribution is 2.42. The summed E-state index contributed by atoms with van der Waals surface area (Å²) in [7, 11) is 2.72. The SMILES string of the molecule is COC(=O)CC(O)CC(O)C=Cc1c(-c2ccccc2)cc(Cl)c(OC)c1Cl. The van der Waals surface area contributed by atoms with Gasteiger partial charge in [0.1, 0.15) is 0 Å². The molecule has 0 bridgehead atoms. The molecule has 0 aliphatic carbocycles. The van der Waals surface area contributed by atoms with E-state index in [4.69, 9.17) is 27.9 Å². The van der Waals surface area contributed by atoms with Crippen molar-refractivity contribution >= 4 is 35.2 Å². The van der Waals surface area contributed by atoms with Gasteiger partial charge in [-0.05, 0) is 17.2 Å². The summed E-state index contributed by atoms with van der Waals surface area (Å²) >= 11 is 12.8. The molecular weight excluding hydrogens is 403 g/mol. The minimum atomic E-state index is -1.02. The van der Waals surface area contributed by atoms with E-state index in [1.54, 1.807) is 12.1 Å². The number of aliphatic hydroxyl groups excluding tert-OH is 2. The molecule has 2 N–H and O–H groups in total. The Morgan fingerprint density at radius 1 is 1.18 bits per heavy atom. The molecule has 2 aromatic carbocycles. The van der Waals surface area contributed by atoms with Crippen LogP contribution in [0.25, 0.3) is 17.2 Å². The van der Waals surface area contributed by atoms with Gasteiger partial charge < -0.3 is 19.7 Å². The number of ether oxygens (including phenoxy) is 2. The number of methoxy groups -OCH3 is 2. The molecule has 0 heterocycles. The van der Waals surface area contributed by atoms with E-state index in [9.17, 15) is 15.0 Å². The van der Waals surface area contributed by atoms with Gasteiger partial charge in [-0.2, -0.15) is 0 Å². The molecule has 2 aromatic rings. The zero-order valence-corrected chi connectivity index (χ0v) is 17.1. The summed E-state index contributed by atoms with van der Waals surface area (Å²) in [5.41, 5.74) is 2.29. The predicted octanol–water partition coefficient (Wildman–Crippen LogP) is 4.36. The largest absolute Gasteiger partial charge is 0.494 e. The molecule has 0 radical (unpaired) electrons. The lowest BCUT2D eigenvalue weighted by atomic mass is 9.98. The van der Waals surface area contributed by atoms with Gasteiger partial charge in [-0.1, -0.05) is 65.7 Å². The van der Waals surface area contributed by atoms with Crippen LogP contribution < -0.4 is 4.74 Å². The van der Waals surface area contributed by atoms with Crippen molar-refractivity contribution < 1.29 is 24.5 Å². The van der Waals surface area contributed by atoms with Crippen LogP contribution in [0.2, 0.25) is 10.0 Å². The normalized spacial score (nSPS) is 13.4. The van der Waals surface area contributed by atoms with Crippen molar-refractivity contribution in [2.45, 2.75) is 25.0 Å². The highest BCUT2D eigenvalue weighted by atomic mass is 35.5. The molecule has 0 fully saturated rings. The van der Waals surface area contributed by atoms with Crippen molar-refractivity contribution in [3.63, 3.8) is 0 Å². The maximum atomic E-state index is 11.2. The van der Waals surface area contributed by atoms with Crippen molar-refractivity contribution in [3.05, 3.63) is 58.1 Å². The van der Waals surface area contributed by atoms with E-state index in [-0.39, 0.29) is 12.8 Å². The Bertz CT molecular complexity index is 836. The smallest absolute Gasteiger partial charge is 0.308 e. The molecule has 2 atom stereocenters. The number of carbonyl (C=O) groups excluding carboxylic acids is 1. The van der Waals surface area contributed by atoms with Crippen LogP contribution in [0.5, 0.6) is 5.75 Å². The summed E-state index contributed by atoms with van der Waals surface area (Å²) < 4.78 is 9.79.